The number of nitrogens with one attached hydrogen (secondary N) is 2. The van der Waals surface area contributed by atoms with Crippen molar-refractivity contribution < 1.29 is 4.79 Å². The third-order valence-electron chi connectivity index (χ3n) is 2.60. The summed E-state index contributed by atoms with van der Waals surface area (Å²) < 4.78 is 0. The molecule has 0 spiro atoms. The number of anilines is 1. The number of carbonyl (C=O) groups is 1. The Kier molecular flexibility index (Phi) is 9.36. The minimum absolute atomic E-state index is 0. The van der Waals surface area contributed by atoms with E-state index in [4.69, 9.17) is 17.3 Å². The SMILES string of the molecule is Cc1c(Cl)cccc1NC(=O)CCN=C(N)NC(C)C.I. The van der Waals surface area contributed by atoms with Crippen LogP contribution in [0.1, 0.15) is 25.8 Å². The predicted octanol–water partition coefficient (Wildman–Crippen LogP) is 2.91. The van der Waals surface area contributed by atoms with Crippen LogP contribution in [0.2, 0.25) is 5.02 Å². The highest BCUT2D eigenvalue weighted by Crippen LogP contribution is 2.22. The number of rotatable bonds is 5. The zero-order chi connectivity index (χ0) is 15.1. The average molecular weight is 425 g/mol. The Hall–Kier alpha value is -1.02. The Bertz CT molecular complexity index is 506. The highest BCUT2D eigenvalue weighted by molar-refractivity contribution is 14.0. The summed E-state index contributed by atoms with van der Waals surface area (Å²) in [7, 11) is 0. The molecule has 0 fully saturated rings. The van der Waals surface area contributed by atoms with E-state index in [0.29, 0.717) is 17.5 Å². The summed E-state index contributed by atoms with van der Waals surface area (Å²) in [4.78, 5) is 15.9. The lowest BCUT2D eigenvalue weighted by Gasteiger charge is -2.10. The van der Waals surface area contributed by atoms with Gasteiger partial charge >= 0.3 is 0 Å². The monoisotopic (exact) mass is 424 g/mol. The summed E-state index contributed by atoms with van der Waals surface area (Å²) in [6, 6.07) is 5.63. The van der Waals surface area contributed by atoms with E-state index in [1.807, 2.05) is 26.8 Å². The van der Waals surface area contributed by atoms with Gasteiger partial charge in [0, 0.05) is 23.2 Å². The molecule has 0 saturated carbocycles. The summed E-state index contributed by atoms with van der Waals surface area (Å²) in [5.41, 5.74) is 7.22. The first kappa shape index (κ1) is 20.0. The molecule has 1 amide bonds. The molecule has 0 heterocycles. The molecule has 1 aromatic carbocycles. The number of halogens is 2. The van der Waals surface area contributed by atoms with Crippen molar-refractivity contribution in [1.82, 2.24) is 5.32 Å². The van der Waals surface area contributed by atoms with Crippen LogP contribution in [0.25, 0.3) is 0 Å². The van der Waals surface area contributed by atoms with E-state index in [2.05, 4.69) is 15.6 Å². The quantitative estimate of drug-likeness (QED) is 0.386. The Labute approximate surface area is 147 Å². The smallest absolute Gasteiger partial charge is 0.226 e. The molecule has 4 N–H and O–H groups in total. The third kappa shape index (κ3) is 7.52. The maximum Gasteiger partial charge on any atom is 0.226 e. The number of nitrogens with two attached hydrogens (primary N) is 1. The molecule has 118 valence electrons. The molecule has 0 aliphatic rings. The molecule has 0 saturated heterocycles. The topological polar surface area (TPSA) is 79.5 Å². The molecule has 0 radical (unpaired) electrons. The van der Waals surface area contributed by atoms with Gasteiger partial charge in [0.05, 0.1) is 6.54 Å². The van der Waals surface area contributed by atoms with E-state index in [9.17, 15) is 4.79 Å². The third-order valence-corrected chi connectivity index (χ3v) is 3.01. The van der Waals surface area contributed by atoms with Gasteiger partial charge in [-0.2, -0.15) is 0 Å². The molecule has 1 aromatic rings. The molecule has 7 heteroatoms. The lowest BCUT2D eigenvalue weighted by molar-refractivity contribution is -0.116. The van der Waals surface area contributed by atoms with Gasteiger partial charge in [-0.05, 0) is 38.5 Å². The zero-order valence-corrected chi connectivity index (χ0v) is 15.5. The van der Waals surface area contributed by atoms with Gasteiger partial charge in [-0.3, -0.25) is 9.79 Å². The average Bonchev–Trinajstić information content (AvgIpc) is 2.34. The van der Waals surface area contributed by atoms with Crippen LogP contribution in [-0.4, -0.2) is 24.5 Å². The molecular weight excluding hydrogens is 403 g/mol. The summed E-state index contributed by atoms with van der Waals surface area (Å²) in [5.74, 6) is 0.239. The van der Waals surface area contributed by atoms with Gasteiger partial charge in [0.25, 0.3) is 0 Å². The van der Waals surface area contributed by atoms with Crippen LogP contribution in [0.3, 0.4) is 0 Å². The van der Waals surface area contributed by atoms with Crippen LogP contribution in [-0.2, 0) is 4.79 Å². The van der Waals surface area contributed by atoms with Crippen LogP contribution < -0.4 is 16.4 Å². The van der Waals surface area contributed by atoms with Crippen LogP contribution in [0.15, 0.2) is 23.2 Å². The van der Waals surface area contributed by atoms with Crippen molar-refractivity contribution in [2.75, 3.05) is 11.9 Å². The largest absolute Gasteiger partial charge is 0.370 e. The summed E-state index contributed by atoms with van der Waals surface area (Å²) in [6.07, 6.45) is 0.270. The molecule has 0 aliphatic heterocycles. The number of carbonyl (C=O) groups excluding carboxylic acids is 1. The van der Waals surface area contributed by atoms with Crippen molar-refractivity contribution in [3.8, 4) is 0 Å². The molecule has 0 bridgehead atoms. The second kappa shape index (κ2) is 9.83. The van der Waals surface area contributed by atoms with E-state index in [0.717, 1.165) is 11.3 Å². The van der Waals surface area contributed by atoms with E-state index in [1.54, 1.807) is 12.1 Å². The molecule has 1 rings (SSSR count). The molecule has 21 heavy (non-hydrogen) atoms. The minimum Gasteiger partial charge on any atom is -0.370 e. The van der Waals surface area contributed by atoms with Gasteiger partial charge in [0.15, 0.2) is 5.96 Å². The summed E-state index contributed by atoms with van der Waals surface area (Å²) in [5, 5.41) is 6.40. The van der Waals surface area contributed by atoms with Gasteiger partial charge in [-0.15, -0.1) is 24.0 Å². The first-order valence-electron chi connectivity index (χ1n) is 6.51. The Morgan fingerprint density at radius 1 is 1.43 bits per heavy atom. The second-order valence-electron chi connectivity index (χ2n) is 4.78. The fraction of sp³-hybridized carbons (Fsp3) is 0.429. The van der Waals surface area contributed by atoms with Crippen molar-refractivity contribution >= 4 is 53.1 Å². The van der Waals surface area contributed by atoms with E-state index < -0.39 is 0 Å². The van der Waals surface area contributed by atoms with E-state index in [-0.39, 0.29) is 42.3 Å². The van der Waals surface area contributed by atoms with E-state index >= 15 is 0 Å². The number of hydrogen-bond acceptors (Lipinski definition) is 2. The molecule has 0 aromatic heterocycles. The minimum atomic E-state index is -0.114. The maximum atomic E-state index is 11.8. The lowest BCUT2D eigenvalue weighted by Crippen LogP contribution is -2.36. The number of aliphatic imine (C=N–C) groups is 1. The predicted molar refractivity (Wildman–Crippen MR) is 99.6 cm³/mol. The number of benzene rings is 1. The number of nitrogens with zero attached hydrogens (tertiary/aromatic N) is 1. The summed E-state index contributed by atoms with van der Waals surface area (Å²) in [6.45, 7) is 6.14. The molecular formula is C14H22ClIN4O. The van der Waals surface area contributed by atoms with Crippen molar-refractivity contribution in [3.05, 3.63) is 28.8 Å². The lowest BCUT2D eigenvalue weighted by atomic mass is 10.2. The van der Waals surface area contributed by atoms with Gasteiger partial charge in [0.2, 0.25) is 5.91 Å². The maximum absolute atomic E-state index is 11.8. The highest BCUT2D eigenvalue weighted by atomic mass is 127. The van der Waals surface area contributed by atoms with Crippen LogP contribution >= 0.6 is 35.6 Å². The Morgan fingerprint density at radius 3 is 2.71 bits per heavy atom. The highest BCUT2D eigenvalue weighted by Gasteiger charge is 2.06. The summed E-state index contributed by atoms with van der Waals surface area (Å²) >= 11 is 5.99. The molecule has 5 nitrogen and oxygen atoms in total. The Morgan fingerprint density at radius 2 is 2.10 bits per heavy atom. The van der Waals surface area contributed by atoms with Crippen molar-refractivity contribution in [3.63, 3.8) is 0 Å². The van der Waals surface area contributed by atoms with Gasteiger partial charge < -0.3 is 16.4 Å². The normalized spacial score (nSPS) is 11.0. The first-order chi connectivity index (χ1) is 9.40. The van der Waals surface area contributed by atoms with Crippen molar-refractivity contribution in [1.29, 1.82) is 0 Å². The molecule has 0 unspecified atom stereocenters. The fourth-order valence-corrected chi connectivity index (χ4v) is 1.75. The molecule has 0 atom stereocenters. The molecule has 0 aliphatic carbocycles. The number of amides is 1. The number of hydrogen-bond donors (Lipinski definition) is 3. The zero-order valence-electron chi connectivity index (χ0n) is 12.4. The van der Waals surface area contributed by atoms with Crippen molar-refractivity contribution in [2.24, 2.45) is 10.7 Å². The van der Waals surface area contributed by atoms with Crippen LogP contribution in [0.5, 0.6) is 0 Å². The standard InChI is InChI=1S/C14H21ClN4O.HI/c1-9(2)18-14(16)17-8-7-13(20)19-12-6-4-5-11(15)10(12)3;/h4-6,9H,7-8H2,1-3H3,(H,19,20)(H3,16,17,18);1H. The first-order valence-corrected chi connectivity index (χ1v) is 6.89. The van der Waals surface area contributed by atoms with Crippen LogP contribution in [0, 0.1) is 6.92 Å². The van der Waals surface area contributed by atoms with Gasteiger partial charge in [-0.1, -0.05) is 17.7 Å². The van der Waals surface area contributed by atoms with Crippen LogP contribution in [0.4, 0.5) is 5.69 Å². The van der Waals surface area contributed by atoms with E-state index in [1.165, 1.54) is 0 Å². The Balaban J connectivity index is 0.00000400. The number of guanidine groups is 1. The second-order valence-corrected chi connectivity index (χ2v) is 5.18. The van der Waals surface area contributed by atoms with Gasteiger partial charge in [-0.25, -0.2) is 0 Å². The van der Waals surface area contributed by atoms with Crippen molar-refractivity contribution in [2.45, 2.75) is 33.2 Å². The van der Waals surface area contributed by atoms with Gasteiger partial charge in [0.1, 0.15) is 0 Å². The fourth-order valence-electron chi connectivity index (χ4n) is 1.57.